The third-order valence-electron chi connectivity index (χ3n) is 1.65. The summed E-state index contributed by atoms with van der Waals surface area (Å²) in [6.45, 7) is 8.43. The lowest BCUT2D eigenvalue weighted by Crippen LogP contribution is -2.22. The summed E-state index contributed by atoms with van der Waals surface area (Å²) in [5.41, 5.74) is 0.947. The smallest absolute Gasteiger partial charge is 0.255 e. The van der Waals surface area contributed by atoms with Crippen molar-refractivity contribution in [3.8, 4) is 0 Å². The average molecular weight is 214 g/mol. The number of rotatable bonds is 6. The van der Waals surface area contributed by atoms with Crippen LogP contribution in [0.2, 0.25) is 0 Å². The Balaban J connectivity index is 2.04. The number of oxazole rings is 1. The van der Waals surface area contributed by atoms with Crippen molar-refractivity contribution in [1.82, 2.24) is 10.3 Å². The number of aromatic nitrogens is 1. The Morgan fingerprint density at radius 2 is 2.36 bits per heavy atom. The number of nitrogens with one attached hydrogen (secondary N) is 1. The molecule has 0 bridgehead atoms. The van der Waals surface area contributed by atoms with Crippen molar-refractivity contribution in [2.45, 2.75) is 26.0 Å². The van der Waals surface area contributed by atoms with Gasteiger partial charge in [-0.15, -0.1) is 0 Å². The van der Waals surface area contributed by atoms with E-state index in [1.54, 1.807) is 18.0 Å². The monoisotopic (exact) mass is 214 g/mol. The van der Waals surface area contributed by atoms with Crippen LogP contribution in [0, 0.1) is 12.8 Å². The molecule has 1 N–H and O–H groups in total. The molecule has 1 rings (SSSR count). The lowest BCUT2D eigenvalue weighted by atomic mass is 10.2. The van der Waals surface area contributed by atoms with Gasteiger partial charge in [-0.25, -0.2) is 4.98 Å². The first-order chi connectivity index (χ1) is 6.68. The molecule has 0 atom stereocenters. The molecule has 0 amide bonds. The van der Waals surface area contributed by atoms with Crippen LogP contribution in [0.5, 0.6) is 0 Å². The van der Waals surface area contributed by atoms with Gasteiger partial charge in [0.2, 0.25) is 0 Å². The van der Waals surface area contributed by atoms with Crippen LogP contribution >= 0.6 is 11.8 Å². The minimum Gasteiger partial charge on any atom is -0.440 e. The number of thioether (sulfide) groups is 1. The molecule has 4 heteroatoms. The first kappa shape index (κ1) is 11.6. The van der Waals surface area contributed by atoms with Gasteiger partial charge in [0.15, 0.2) is 0 Å². The van der Waals surface area contributed by atoms with Crippen LogP contribution in [-0.2, 0) is 0 Å². The van der Waals surface area contributed by atoms with Gasteiger partial charge in [-0.1, -0.05) is 25.6 Å². The molecule has 0 spiro atoms. The molecule has 0 radical (unpaired) electrons. The Hall–Kier alpha value is -0.480. The maximum absolute atomic E-state index is 5.22. The minimum atomic E-state index is 0.712. The van der Waals surface area contributed by atoms with E-state index >= 15 is 0 Å². The number of hydrogen-bond acceptors (Lipinski definition) is 4. The van der Waals surface area contributed by atoms with E-state index in [4.69, 9.17) is 4.42 Å². The second kappa shape index (κ2) is 6.09. The molecule has 0 saturated heterocycles. The van der Waals surface area contributed by atoms with Crippen molar-refractivity contribution in [2.24, 2.45) is 5.92 Å². The first-order valence-corrected chi connectivity index (χ1v) is 5.92. The van der Waals surface area contributed by atoms with Gasteiger partial charge in [-0.05, 0) is 19.4 Å². The van der Waals surface area contributed by atoms with Crippen molar-refractivity contribution < 1.29 is 4.42 Å². The fraction of sp³-hybridized carbons (Fsp3) is 0.700. The molecule has 80 valence electrons. The van der Waals surface area contributed by atoms with Crippen molar-refractivity contribution >= 4 is 11.8 Å². The van der Waals surface area contributed by atoms with E-state index < -0.39 is 0 Å². The van der Waals surface area contributed by atoms with Crippen LogP contribution in [0.3, 0.4) is 0 Å². The molecular formula is C10H18N2OS. The lowest BCUT2D eigenvalue weighted by Gasteiger charge is -2.05. The molecule has 0 fully saturated rings. The summed E-state index contributed by atoms with van der Waals surface area (Å²) >= 11 is 1.65. The van der Waals surface area contributed by atoms with Gasteiger partial charge in [0.25, 0.3) is 5.22 Å². The molecule has 3 nitrogen and oxygen atoms in total. The Morgan fingerprint density at radius 1 is 1.57 bits per heavy atom. The van der Waals surface area contributed by atoms with Crippen LogP contribution in [0.1, 0.15) is 19.5 Å². The molecule has 0 aliphatic heterocycles. The summed E-state index contributed by atoms with van der Waals surface area (Å²) in [5, 5.41) is 4.14. The normalized spacial score (nSPS) is 11.1. The van der Waals surface area contributed by atoms with Gasteiger partial charge >= 0.3 is 0 Å². The third kappa shape index (κ3) is 4.67. The van der Waals surface area contributed by atoms with Gasteiger partial charge in [0, 0.05) is 12.3 Å². The van der Waals surface area contributed by atoms with E-state index in [-0.39, 0.29) is 0 Å². The topological polar surface area (TPSA) is 38.1 Å². The third-order valence-corrected chi connectivity index (χ3v) is 2.50. The molecular weight excluding hydrogens is 196 g/mol. The Kier molecular flexibility index (Phi) is 5.04. The highest BCUT2D eigenvalue weighted by atomic mass is 32.2. The minimum absolute atomic E-state index is 0.712. The Bertz CT molecular complexity index is 260. The second-order valence-corrected chi connectivity index (χ2v) is 4.75. The second-order valence-electron chi connectivity index (χ2n) is 3.70. The van der Waals surface area contributed by atoms with Gasteiger partial charge in [-0.3, -0.25) is 0 Å². The average Bonchev–Trinajstić information content (AvgIpc) is 2.50. The lowest BCUT2D eigenvalue weighted by molar-refractivity contribution is 0.453. The van der Waals surface area contributed by atoms with Gasteiger partial charge in [0.1, 0.15) is 6.26 Å². The van der Waals surface area contributed by atoms with Gasteiger partial charge in [0.05, 0.1) is 5.69 Å². The highest BCUT2D eigenvalue weighted by molar-refractivity contribution is 7.99. The molecule has 1 heterocycles. The van der Waals surface area contributed by atoms with Crippen LogP contribution in [-0.4, -0.2) is 23.8 Å². The first-order valence-electron chi connectivity index (χ1n) is 4.94. The summed E-state index contributed by atoms with van der Waals surface area (Å²) in [6, 6.07) is 0. The molecule has 0 unspecified atom stereocenters. The van der Waals surface area contributed by atoms with E-state index in [0.717, 1.165) is 29.8 Å². The Labute approximate surface area is 89.7 Å². The van der Waals surface area contributed by atoms with Crippen LogP contribution in [0.4, 0.5) is 0 Å². The predicted molar refractivity (Wildman–Crippen MR) is 59.7 cm³/mol. The van der Waals surface area contributed by atoms with Crippen LogP contribution < -0.4 is 5.32 Å². The SMILES string of the molecule is Cc1coc(SCCNCC(C)C)n1. The zero-order valence-corrected chi connectivity index (χ0v) is 9.86. The highest BCUT2D eigenvalue weighted by Gasteiger charge is 2.00. The van der Waals surface area contributed by atoms with Crippen molar-refractivity contribution in [2.75, 3.05) is 18.8 Å². The quantitative estimate of drug-likeness (QED) is 0.582. The van der Waals surface area contributed by atoms with Crippen LogP contribution in [0.15, 0.2) is 15.9 Å². The summed E-state index contributed by atoms with van der Waals surface area (Å²) in [7, 11) is 0. The van der Waals surface area contributed by atoms with Gasteiger partial charge in [-0.2, -0.15) is 0 Å². The fourth-order valence-electron chi connectivity index (χ4n) is 1.000. The molecule has 0 saturated carbocycles. The summed E-state index contributed by atoms with van der Waals surface area (Å²) in [6.07, 6.45) is 1.68. The number of aryl methyl sites for hydroxylation is 1. The van der Waals surface area contributed by atoms with Crippen molar-refractivity contribution in [3.05, 3.63) is 12.0 Å². The molecule has 14 heavy (non-hydrogen) atoms. The van der Waals surface area contributed by atoms with E-state index in [1.807, 2.05) is 6.92 Å². The summed E-state index contributed by atoms with van der Waals surface area (Å²) < 4.78 is 5.22. The maximum Gasteiger partial charge on any atom is 0.255 e. The van der Waals surface area contributed by atoms with Crippen molar-refractivity contribution in [1.29, 1.82) is 0 Å². The molecule has 0 aliphatic rings. The summed E-state index contributed by atoms with van der Waals surface area (Å²) in [5.74, 6) is 1.72. The fourth-order valence-corrected chi connectivity index (χ4v) is 1.75. The van der Waals surface area contributed by atoms with Crippen LogP contribution in [0.25, 0.3) is 0 Å². The van der Waals surface area contributed by atoms with E-state index in [0.29, 0.717) is 5.92 Å². The molecule has 1 aromatic heterocycles. The Morgan fingerprint density at radius 3 is 2.93 bits per heavy atom. The summed E-state index contributed by atoms with van der Waals surface area (Å²) in [4.78, 5) is 4.21. The molecule has 0 aromatic carbocycles. The largest absolute Gasteiger partial charge is 0.440 e. The van der Waals surface area contributed by atoms with E-state index in [1.165, 1.54) is 0 Å². The molecule has 1 aromatic rings. The number of hydrogen-bond donors (Lipinski definition) is 1. The standard InChI is InChI=1S/C10H18N2OS/c1-8(2)6-11-4-5-14-10-12-9(3)7-13-10/h7-8,11H,4-6H2,1-3H3. The maximum atomic E-state index is 5.22. The highest BCUT2D eigenvalue weighted by Crippen LogP contribution is 2.15. The number of nitrogens with zero attached hydrogens (tertiary/aromatic N) is 1. The van der Waals surface area contributed by atoms with Gasteiger partial charge < -0.3 is 9.73 Å². The van der Waals surface area contributed by atoms with E-state index in [9.17, 15) is 0 Å². The predicted octanol–water partition coefficient (Wildman–Crippen LogP) is 2.32. The zero-order valence-electron chi connectivity index (χ0n) is 9.04. The zero-order chi connectivity index (χ0) is 10.4. The van der Waals surface area contributed by atoms with Crippen molar-refractivity contribution in [3.63, 3.8) is 0 Å². The van der Waals surface area contributed by atoms with E-state index in [2.05, 4.69) is 24.1 Å². The molecule has 0 aliphatic carbocycles.